The van der Waals surface area contributed by atoms with Gasteiger partial charge in [-0.1, -0.05) is 30.1 Å². The maximum absolute atomic E-state index is 11.4. The Morgan fingerprint density at radius 2 is 1.76 bits per heavy atom. The summed E-state index contributed by atoms with van der Waals surface area (Å²) in [6.07, 6.45) is 0.238. The van der Waals surface area contributed by atoms with Gasteiger partial charge in [0.2, 0.25) is 5.91 Å². The first-order valence-corrected chi connectivity index (χ1v) is 8.79. The molecule has 2 aromatic rings. The van der Waals surface area contributed by atoms with Gasteiger partial charge in [0, 0.05) is 30.0 Å². The highest BCUT2D eigenvalue weighted by molar-refractivity contribution is 9.10. The minimum Gasteiger partial charge on any atom is -0.454 e. The molecule has 0 heterocycles. The van der Waals surface area contributed by atoms with Crippen LogP contribution < -0.4 is 14.8 Å². The number of carbonyl (C=O) groups excluding carboxylic acids is 2. The predicted octanol–water partition coefficient (Wildman–Crippen LogP) is 5.82. The third-order valence-electron chi connectivity index (χ3n) is 2.96. The van der Waals surface area contributed by atoms with E-state index in [1.54, 1.807) is 25.1 Å². The lowest BCUT2D eigenvalue weighted by molar-refractivity contribution is -0.134. The van der Waals surface area contributed by atoms with Crippen molar-refractivity contribution in [2.24, 2.45) is 0 Å². The molecule has 0 aromatic heterocycles. The Kier molecular flexibility index (Phi) is 6.70. The summed E-state index contributed by atoms with van der Waals surface area (Å²) in [5.74, 6) is 0.370. The van der Waals surface area contributed by atoms with Crippen molar-refractivity contribution in [1.29, 1.82) is 0 Å². The van der Waals surface area contributed by atoms with Crippen molar-refractivity contribution in [3.05, 3.63) is 44.8 Å². The zero-order valence-corrected chi connectivity index (χ0v) is 16.5. The van der Waals surface area contributed by atoms with Gasteiger partial charge >= 0.3 is 5.97 Å². The molecule has 0 fully saturated rings. The molecule has 2 rings (SSSR count). The lowest BCUT2D eigenvalue weighted by Gasteiger charge is -2.13. The van der Waals surface area contributed by atoms with E-state index in [1.807, 2.05) is 0 Å². The number of carbonyl (C=O) groups is 2. The van der Waals surface area contributed by atoms with Gasteiger partial charge in [0.25, 0.3) is 0 Å². The minimum atomic E-state index is -0.390. The van der Waals surface area contributed by atoms with Gasteiger partial charge in [0.1, 0.15) is 11.5 Å². The van der Waals surface area contributed by atoms with Crippen molar-refractivity contribution >= 4 is 56.7 Å². The number of esters is 1. The normalized spacial score (nSPS) is 10.3. The van der Waals surface area contributed by atoms with E-state index in [0.717, 1.165) is 0 Å². The zero-order valence-electron chi connectivity index (χ0n) is 13.4. The smallest absolute Gasteiger partial charge is 0.310 e. The van der Waals surface area contributed by atoms with Gasteiger partial charge in [-0.25, -0.2) is 0 Å². The van der Waals surface area contributed by atoms with Crippen molar-refractivity contribution in [2.45, 2.75) is 20.3 Å². The summed E-state index contributed by atoms with van der Waals surface area (Å²) in [6.45, 7) is 3.11. The lowest BCUT2D eigenvalue weighted by Crippen LogP contribution is -2.06. The molecular weight excluding hydrogens is 433 g/mol. The maximum Gasteiger partial charge on any atom is 0.310 e. The summed E-state index contributed by atoms with van der Waals surface area (Å²) in [6, 6.07) is 7.92. The molecule has 8 heteroatoms. The molecule has 0 spiro atoms. The van der Waals surface area contributed by atoms with Crippen molar-refractivity contribution in [3.8, 4) is 17.2 Å². The van der Waals surface area contributed by atoms with Crippen LogP contribution in [0.5, 0.6) is 17.2 Å². The van der Waals surface area contributed by atoms with E-state index in [4.69, 9.17) is 32.7 Å². The van der Waals surface area contributed by atoms with E-state index in [1.165, 1.54) is 19.1 Å². The molecule has 0 atom stereocenters. The minimum absolute atomic E-state index is 0.183. The monoisotopic (exact) mass is 445 g/mol. The van der Waals surface area contributed by atoms with Gasteiger partial charge in [-0.05, 0) is 34.1 Å². The van der Waals surface area contributed by atoms with Crippen LogP contribution in [0.2, 0.25) is 10.0 Å². The van der Waals surface area contributed by atoms with Crippen LogP contribution in [0.25, 0.3) is 0 Å². The van der Waals surface area contributed by atoms with Crippen molar-refractivity contribution in [2.75, 3.05) is 5.32 Å². The predicted molar refractivity (Wildman–Crippen MR) is 101 cm³/mol. The zero-order chi connectivity index (χ0) is 18.6. The van der Waals surface area contributed by atoms with Crippen molar-refractivity contribution in [3.63, 3.8) is 0 Å². The Bertz CT molecular complexity index is 803. The Labute approximate surface area is 163 Å². The van der Waals surface area contributed by atoms with Gasteiger partial charge in [-0.15, -0.1) is 0 Å². The molecule has 0 aliphatic heterocycles. The molecule has 0 radical (unpaired) electrons. The second-order valence-electron chi connectivity index (χ2n) is 4.97. The number of hydrogen-bond acceptors (Lipinski definition) is 4. The van der Waals surface area contributed by atoms with Crippen LogP contribution in [0.3, 0.4) is 0 Å². The highest BCUT2D eigenvalue weighted by Gasteiger charge is 2.14. The summed E-state index contributed by atoms with van der Waals surface area (Å²) in [5.41, 5.74) is 0.610. The second kappa shape index (κ2) is 8.56. The second-order valence-corrected chi connectivity index (χ2v) is 6.64. The number of ether oxygens (including phenoxy) is 2. The van der Waals surface area contributed by atoms with E-state index >= 15 is 0 Å². The molecular formula is C17H14BrCl2NO4. The van der Waals surface area contributed by atoms with Crippen LogP contribution in [0.4, 0.5) is 5.69 Å². The first-order chi connectivity index (χ1) is 11.8. The molecule has 0 saturated carbocycles. The van der Waals surface area contributed by atoms with Gasteiger partial charge in [0.15, 0.2) is 5.75 Å². The topological polar surface area (TPSA) is 64.6 Å². The van der Waals surface area contributed by atoms with Crippen LogP contribution in [0.1, 0.15) is 20.3 Å². The van der Waals surface area contributed by atoms with Gasteiger partial charge < -0.3 is 14.8 Å². The van der Waals surface area contributed by atoms with E-state index in [0.29, 0.717) is 15.9 Å². The van der Waals surface area contributed by atoms with Crippen molar-refractivity contribution in [1.82, 2.24) is 0 Å². The van der Waals surface area contributed by atoms with E-state index in [-0.39, 0.29) is 33.9 Å². The highest BCUT2D eigenvalue weighted by Crippen LogP contribution is 2.40. The lowest BCUT2D eigenvalue weighted by atomic mass is 10.3. The van der Waals surface area contributed by atoms with Crippen LogP contribution in [-0.4, -0.2) is 11.9 Å². The third kappa shape index (κ3) is 5.36. The molecule has 1 N–H and O–H groups in total. The Morgan fingerprint density at radius 3 is 2.28 bits per heavy atom. The van der Waals surface area contributed by atoms with Crippen LogP contribution in [-0.2, 0) is 9.59 Å². The fraction of sp³-hybridized carbons (Fsp3) is 0.176. The molecule has 5 nitrogen and oxygen atoms in total. The van der Waals surface area contributed by atoms with Gasteiger partial charge in [-0.2, -0.15) is 0 Å². The standard InChI is InChI=1S/C17H14BrCl2NO4/c1-3-16(23)24-11-7-13(19)17(14(20)8-11)25-10-4-5-15(12(18)6-10)21-9(2)22/h4-8H,3H2,1-2H3,(H,21,22). The first-order valence-electron chi connectivity index (χ1n) is 7.25. The van der Waals surface area contributed by atoms with E-state index in [9.17, 15) is 9.59 Å². The fourth-order valence-electron chi connectivity index (χ4n) is 1.86. The number of nitrogens with one attached hydrogen (secondary N) is 1. The molecule has 132 valence electrons. The molecule has 0 unspecified atom stereocenters. The van der Waals surface area contributed by atoms with Crippen LogP contribution in [0, 0.1) is 0 Å². The summed E-state index contributed by atoms with van der Waals surface area (Å²) in [7, 11) is 0. The van der Waals surface area contributed by atoms with Crippen LogP contribution >= 0.6 is 39.1 Å². The van der Waals surface area contributed by atoms with Crippen molar-refractivity contribution < 1.29 is 19.1 Å². The third-order valence-corrected chi connectivity index (χ3v) is 4.18. The quantitative estimate of drug-likeness (QED) is 0.464. The molecule has 0 saturated heterocycles. The summed E-state index contributed by atoms with van der Waals surface area (Å²) in [4.78, 5) is 22.5. The molecule has 25 heavy (non-hydrogen) atoms. The Hall–Kier alpha value is -1.76. The maximum atomic E-state index is 11.4. The number of halogens is 3. The summed E-state index contributed by atoms with van der Waals surface area (Å²) in [5, 5.41) is 3.08. The highest BCUT2D eigenvalue weighted by atomic mass is 79.9. The number of benzene rings is 2. The average molecular weight is 447 g/mol. The number of hydrogen-bond donors (Lipinski definition) is 1. The fourth-order valence-corrected chi connectivity index (χ4v) is 2.87. The Morgan fingerprint density at radius 1 is 1.12 bits per heavy atom. The summed E-state index contributed by atoms with van der Waals surface area (Å²) >= 11 is 15.7. The molecule has 0 aliphatic rings. The number of rotatable bonds is 5. The number of anilines is 1. The van der Waals surface area contributed by atoms with E-state index < -0.39 is 5.97 Å². The number of amides is 1. The molecule has 2 aromatic carbocycles. The van der Waals surface area contributed by atoms with Crippen LogP contribution in [0.15, 0.2) is 34.8 Å². The molecule has 1 amide bonds. The largest absolute Gasteiger partial charge is 0.454 e. The Balaban J connectivity index is 2.24. The van der Waals surface area contributed by atoms with E-state index in [2.05, 4.69) is 21.2 Å². The first kappa shape index (κ1) is 19.6. The summed E-state index contributed by atoms with van der Waals surface area (Å²) < 4.78 is 11.5. The average Bonchev–Trinajstić information content (AvgIpc) is 2.53. The molecule has 0 aliphatic carbocycles. The van der Waals surface area contributed by atoms with Gasteiger partial charge in [-0.3, -0.25) is 9.59 Å². The molecule has 0 bridgehead atoms. The SMILES string of the molecule is CCC(=O)Oc1cc(Cl)c(Oc2ccc(NC(C)=O)c(Br)c2)c(Cl)c1. The van der Waals surface area contributed by atoms with Gasteiger partial charge in [0.05, 0.1) is 15.7 Å².